The fourth-order valence-corrected chi connectivity index (χ4v) is 7.91. The van der Waals surface area contributed by atoms with Gasteiger partial charge in [0.2, 0.25) is 17.7 Å². The van der Waals surface area contributed by atoms with E-state index >= 15 is 0 Å². The van der Waals surface area contributed by atoms with E-state index in [1.807, 2.05) is 12.2 Å². The summed E-state index contributed by atoms with van der Waals surface area (Å²) >= 11 is 6.02. The summed E-state index contributed by atoms with van der Waals surface area (Å²) in [6.45, 7) is 7.99. The molecule has 4 aliphatic heterocycles. The van der Waals surface area contributed by atoms with Crippen LogP contribution in [0.25, 0.3) is 0 Å². The van der Waals surface area contributed by atoms with Gasteiger partial charge in [0.05, 0.1) is 17.9 Å². The topological polar surface area (TPSA) is 91.0 Å². The third kappa shape index (κ3) is 4.86. The zero-order valence-electron chi connectivity index (χ0n) is 23.5. The first-order valence-corrected chi connectivity index (χ1v) is 15.4. The molecule has 8 atom stereocenters. The van der Waals surface area contributed by atoms with Gasteiger partial charge in [-0.2, -0.15) is 0 Å². The second kappa shape index (κ2) is 11.1. The van der Waals surface area contributed by atoms with Gasteiger partial charge in [0, 0.05) is 23.3 Å². The van der Waals surface area contributed by atoms with E-state index in [-0.39, 0.29) is 23.8 Å². The van der Waals surface area contributed by atoms with E-state index in [4.69, 9.17) is 16.3 Å². The maximum absolute atomic E-state index is 14.2. The van der Waals surface area contributed by atoms with Crippen LogP contribution in [0.4, 0.5) is 5.69 Å². The van der Waals surface area contributed by atoms with Crippen molar-refractivity contribution in [2.45, 2.75) is 76.2 Å². The number of carbonyl (C=O) groups is 3. The number of hydrogen-bond donors (Lipinski definition) is 2. The molecule has 6 rings (SSSR count). The lowest BCUT2D eigenvalue weighted by atomic mass is 9.73. The Kier molecular flexibility index (Phi) is 7.70. The van der Waals surface area contributed by atoms with Gasteiger partial charge in [0.25, 0.3) is 0 Å². The summed E-state index contributed by atoms with van der Waals surface area (Å²) < 4.78 is 6.50. The molecule has 2 N–H and O–H groups in total. The minimum absolute atomic E-state index is 0.0693. The Labute approximate surface area is 241 Å². The number of hydrogen-bond acceptors (Lipinski definition) is 5. The molecule has 40 heavy (non-hydrogen) atoms. The molecule has 1 aromatic rings. The summed E-state index contributed by atoms with van der Waals surface area (Å²) in [6, 6.07) is 6.19. The van der Waals surface area contributed by atoms with Crippen LogP contribution >= 0.6 is 11.6 Å². The minimum Gasteiger partial charge on any atom is -0.359 e. The molecule has 1 spiro atoms. The SMILES string of the molecule is C[C@@H]1[C@H](C)CCC[C@@H]1NC(=O)[C@@H]1N(CCCN2CCCC2)C(=O)[C@H]2[C@@H](C(=O)Nc3ccc(Cl)cc3)[C@H]3C=C[C@@]12O3. The number of anilines is 1. The zero-order chi connectivity index (χ0) is 28.0. The van der Waals surface area contributed by atoms with Gasteiger partial charge in [-0.1, -0.05) is 50.4 Å². The zero-order valence-corrected chi connectivity index (χ0v) is 24.2. The Balaban J connectivity index is 1.25. The van der Waals surface area contributed by atoms with E-state index < -0.39 is 29.6 Å². The van der Waals surface area contributed by atoms with Crippen LogP contribution in [-0.2, 0) is 19.1 Å². The molecule has 4 heterocycles. The number of ether oxygens (including phenoxy) is 1. The molecule has 5 aliphatic rings. The lowest BCUT2D eigenvalue weighted by Crippen LogP contribution is -2.58. The number of benzene rings is 1. The van der Waals surface area contributed by atoms with Crippen LogP contribution in [0, 0.1) is 23.7 Å². The van der Waals surface area contributed by atoms with E-state index in [0.29, 0.717) is 29.1 Å². The average Bonchev–Trinajstić information content (AvgIpc) is 3.71. The van der Waals surface area contributed by atoms with E-state index in [2.05, 4.69) is 29.4 Å². The third-order valence-electron chi connectivity index (χ3n) is 10.1. The minimum atomic E-state index is -1.13. The third-order valence-corrected chi connectivity index (χ3v) is 10.4. The predicted octanol–water partition coefficient (Wildman–Crippen LogP) is 3.86. The highest BCUT2D eigenvalue weighted by Crippen LogP contribution is 2.55. The van der Waals surface area contributed by atoms with Crippen molar-refractivity contribution >= 4 is 35.0 Å². The van der Waals surface area contributed by atoms with E-state index in [0.717, 1.165) is 38.9 Å². The lowest BCUT2D eigenvalue weighted by Gasteiger charge is -2.38. The number of amides is 3. The van der Waals surface area contributed by atoms with Crippen LogP contribution < -0.4 is 10.6 Å². The van der Waals surface area contributed by atoms with E-state index in [1.54, 1.807) is 29.2 Å². The highest BCUT2D eigenvalue weighted by molar-refractivity contribution is 6.30. The van der Waals surface area contributed by atoms with Crippen molar-refractivity contribution in [2.75, 3.05) is 31.5 Å². The van der Waals surface area contributed by atoms with Gasteiger partial charge in [0.1, 0.15) is 11.6 Å². The molecule has 9 heteroatoms. The number of carbonyl (C=O) groups excluding carboxylic acids is 3. The Morgan fingerprint density at radius 2 is 1.80 bits per heavy atom. The second-order valence-electron chi connectivity index (χ2n) is 12.5. The predicted molar refractivity (Wildman–Crippen MR) is 154 cm³/mol. The van der Waals surface area contributed by atoms with Crippen molar-refractivity contribution < 1.29 is 19.1 Å². The lowest BCUT2D eigenvalue weighted by molar-refractivity contribution is -0.141. The van der Waals surface area contributed by atoms with Gasteiger partial charge in [-0.15, -0.1) is 0 Å². The van der Waals surface area contributed by atoms with Crippen LogP contribution in [-0.4, -0.2) is 77.5 Å². The molecule has 2 bridgehead atoms. The molecule has 1 aliphatic carbocycles. The molecule has 0 unspecified atom stereocenters. The molecule has 1 aromatic carbocycles. The van der Waals surface area contributed by atoms with Gasteiger partial charge in [-0.05, 0) is 81.4 Å². The number of nitrogens with zero attached hydrogens (tertiary/aromatic N) is 2. The van der Waals surface area contributed by atoms with Crippen molar-refractivity contribution in [3.63, 3.8) is 0 Å². The summed E-state index contributed by atoms with van der Waals surface area (Å²) in [7, 11) is 0. The fraction of sp³-hybridized carbons (Fsp3) is 0.645. The number of likely N-dealkylation sites (tertiary alicyclic amines) is 2. The summed E-state index contributed by atoms with van der Waals surface area (Å²) in [4.78, 5) is 46.0. The smallest absolute Gasteiger partial charge is 0.246 e. The van der Waals surface area contributed by atoms with Crippen molar-refractivity contribution in [1.29, 1.82) is 0 Å². The highest BCUT2D eigenvalue weighted by Gasteiger charge is 2.72. The van der Waals surface area contributed by atoms with E-state index in [1.165, 1.54) is 19.3 Å². The van der Waals surface area contributed by atoms with Crippen molar-refractivity contribution in [3.8, 4) is 0 Å². The molecular weight excluding hydrogens is 528 g/mol. The monoisotopic (exact) mass is 568 g/mol. The van der Waals surface area contributed by atoms with E-state index in [9.17, 15) is 14.4 Å². The quantitative estimate of drug-likeness (QED) is 0.465. The van der Waals surface area contributed by atoms with Gasteiger partial charge >= 0.3 is 0 Å². The summed E-state index contributed by atoms with van der Waals surface area (Å²) in [6.07, 6.45) is 9.61. The molecular formula is C31H41ClN4O4. The van der Waals surface area contributed by atoms with Crippen molar-refractivity contribution in [2.24, 2.45) is 23.7 Å². The number of halogens is 1. The summed E-state index contributed by atoms with van der Waals surface area (Å²) in [5, 5.41) is 6.86. The van der Waals surface area contributed by atoms with Crippen molar-refractivity contribution in [1.82, 2.24) is 15.1 Å². The first-order valence-electron chi connectivity index (χ1n) is 15.1. The molecule has 4 fully saturated rings. The number of nitrogens with one attached hydrogen (secondary N) is 2. The largest absolute Gasteiger partial charge is 0.359 e. The van der Waals surface area contributed by atoms with Crippen LogP contribution in [0.2, 0.25) is 5.02 Å². The summed E-state index contributed by atoms with van der Waals surface area (Å²) in [5.74, 6) is -1.14. The molecule has 0 radical (unpaired) electrons. The number of fused-ring (bicyclic) bond motifs is 1. The normalized spacial score (nSPS) is 36.7. The summed E-state index contributed by atoms with van der Waals surface area (Å²) in [5.41, 5.74) is -0.525. The van der Waals surface area contributed by atoms with Crippen LogP contribution in [0.1, 0.15) is 52.4 Å². The van der Waals surface area contributed by atoms with Crippen LogP contribution in [0.15, 0.2) is 36.4 Å². The Hall–Kier alpha value is -2.42. The number of rotatable bonds is 8. The fourth-order valence-electron chi connectivity index (χ4n) is 7.78. The molecule has 3 amide bonds. The van der Waals surface area contributed by atoms with Crippen LogP contribution in [0.5, 0.6) is 0 Å². The Morgan fingerprint density at radius 1 is 1.05 bits per heavy atom. The molecule has 0 aromatic heterocycles. The first kappa shape index (κ1) is 27.7. The van der Waals surface area contributed by atoms with Gasteiger partial charge in [0.15, 0.2) is 0 Å². The first-order chi connectivity index (χ1) is 19.3. The Bertz CT molecular complexity index is 1170. The van der Waals surface area contributed by atoms with Gasteiger partial charge in [-0.25, -0.2) is 0 Å². The molecule has 8 nitrogen and oxygen atoms in total. The van der Waals surface area contributed by atoms with Gasteiger partial charge < -0.3 is 25.2 Å². The highest BCUT2D eigenvalue weighted by atomic mass is 35.5. The maximum Gasteiger partial charge on any atom is 0.246 e. The maximum atomic E-state index is 14.2. The van der Waals surface area contributed by atoms with Crippen molar-refractivity contribution in [3.05, 3.63) is 41.4 Å². The molecule has 1 saturated carbocycles. The Morgan fingerprint density at radius 3 is 2.55 bits per heavy atom. The molecule has 3 saturated heterocycles. The van der Waals surface area contributed by atoms with Gasteiger partial charge in [-0.3, -0.25) is 14.4 Å². The molecule has 216 valence electrons. The van der Waals surface area contributed by atoms with Crippen LogP contribution in [0.3, 0.4) is 0 Å². The average molecular weight is 569 g/mol. The second-order valence-corrected chi connectivity index (χ2v) is 13.0. The standard InChI is InChI=1S/C31H41ClN4O4/c1-19-7-5-8-23(20(19)2)34-29(38)27-31-14-13-24(40-31)25(28(37)33-22-11-9-21(32)10-12-22)26(31)30(39)36(27)18-6-17-35-15-3-4-16-35/h9-14,19-20,23-27H,3-8,15-18H2,1-2H3,(H,33,37)(H,34,38)/t19-,20-,23+,24-,25+,26-,27+,31+/m1/s1.